The molecule has 8 nitrogen and oxygen atoms in total. The van der Waals surface area contributed by atoms with Gasteiger partial charge in [-0.25, -0.2) is 0 Å². The minimum absolute atomic E-state index is 0. The maximum atomic E-state index is 8.94. The maximum absolute atomic E-state index is 8.94. The van der Waals surface area contributed by atoms with Crippen molar-refractivity contribution in [1.29, 1.82) is 0 Å². The van der Waals surface area contributed by atoms with Crippen LogP contribution in [0.15, 0.2) is 0 Å². The van der Waals surface area contributed by atoms with Crippen molar-refractivity contribution in [1.82, 2.24) is 0 Å². The first-order chi connectivity index (χ1) is 17.1. The van der Waals surface area contributed by atoms with E-state index in [-0.39, 0.29) is 56.1 Å². The highest BCUT2D eigenvalue weighted by Gasteiger charge is 2.40. The summed E-state index contributed by atoms with van der Waals surface area (Å²) >= 11 is 0. The molecule has 42 heavy (non-hydrogen) atoms. The molecule has 0 saturated carbocycles. The van der Waals surface area contributed by atoms with Gasteiger partial charge in [0.05, 0.1) is 0 Å². The number of hydrogen-bond acceptors (Lipinski definition) is 8. The van der Waals surface area contributed by atoms with Crippen molar-refractivity contribution in [2.75, 3.05) is 26.4 Å². The molecule has 0 aliphatic heterocycles. The third-order valence-electron chi connectivity index (χ3n) is 5.84. The Kier molecular flexibility index (Phi) is 33.1. The van der Waals surface area contributed by atoms with Crippen molar-refractivity contribution in [3.63, 3.8) is 0 Å². The van der Waals surface area contributed by atoms with E-state index in [1.54, 1.807) is 0 Å². The Morgan fingerprint density at radius 1 is 0.333 bits per heavy atom. The van der Waals surface area contributed by atoms with Gasteiger partial charge in [0.15, 0.2) is 33.3 Å². The monoisotopic (exact) mass is 712 g/mol. The molecule has 0 fully saturated rings. The fraction of sp³-hybridized carbons (Fsp3) is 1.00. The Hall–Kier alpha value is 0.981. The first-order valence-corrected chi connectivity index (χ1v) is 32.4. The zero-order valence-corrected chi connectivity index (χ0v) is 32.9. The van der Waals surface area contributed by atoms with Gasteiger partial charge in [0.2, 0.25) is 0 Å². The summed E-state index contributed by atoms with van der Waals surface area (Å²) in [5.41, 5.74) is 0. The fourth-order valence-electron chi connectivity index (χ4n) is 4.93. The first kappa shape index (κ1) is 55.4. The highest BCUT2D eigenvalue weighted by molar-refractivity contribution is 6.88. The SMILES string of the molecule is C.C.C.C.C[Si](C)(CCCO)O[Si](C)(C)O[Si](C)(C)CCCO.C[Si](C)(CCCO)O[Si](C)(C)O[Si](C)(C)CCCO. The molecule has 0 saturated heterocycles. The summed E-state index contributed by atoms with van der Waals surface area (Å²) < 4.78 is 25.4. The normalized spacial score (nSPS) is 12.6. The van der Waals surface area contributed by atoms with Crippen molar-refractivity contribution in [3.8, 4) is 0 Å². The number of hydrogen-bond donors (Lipinski definition) is 4. The predicted octanol–water partition coefficient (Wildman–Crippen LogP) is 8.34. The smallest absolute Gasteiger partial charge is 0.311 e. The lowest BCUT2D eigenvalue weighted by molar-refractivity contribution is 0.289. The van der Waals surface area contributed by atoms with E-state index in [9.17, 15) is 0 Å². The molecular weight excluding hydrogens is 633 g/mol. The van der Waals surface area contributed by atoms with Crippen LogP contribution >= 0.6 is 0 Å². The van der Waals surface area contributed by atoms with Gasteiger partial charge in [-0.15, -0.1) is 0 Å². The molecule has 0 atom stereocenters. The third-order valence-corrected chi connectivity index (χ3v) is 28.8. The topological polar surface area (TPSA) is 118 Å². The summed E-state index contributed by atoms with van der Waals surface area (Å²) in [4.78, 5) is 0. The van der Waals surface area contributed by atoms with Gasteiger partial charge in [-0.2, -0.15) is 0 Å². The van der Waals surface area contributed by atoms with Gasteiger partial charge >= 0.3 is 17.1 Å². The van der Waals surface area contributed by atoms with Crippen molar-refractivity contribution < 1.29 is 36.9 Å². The summed E-state index contributed by atoms with van der Waals surface area (Å²) in [6, 6.07) is 3.90. The van der Waals surface area contributed by atoms with Crippen molar-refractivity contribution in [2.45, 2.75) is 158 Å². The molecule has 0 aromatic rings. The molecule has 0 unspecified atom stereocenters. The van der Waals surface area contributed by atoms with Gasteiger partial charge in [0.25, 0.3) is 0 Å². The minimum atomic E-state index is -2.11. The molecule has 4 N–H and O–H groups in total. The molecule has 264 valence electrons. The van der Waals surface area contributed by atoms with E-state index in [0.29, 0.717) is 0 Å². The number of rotatable bonds is 20. The lowest BCUT2D eigenvalue weighted by Gasteiger charge is -2.38. The average molecular weight is 713 g/mol. The lowest BCUT2D eigenvalue weighted by atomic mass is 10.5. The van der Waals surface area contributed by atoms with E-state index in [1.165, 1.54) is 0 Å². The maximum Gasteiger partial charge on any atom is 0.311 e. The molecule has 0 radical (unpaired) electrons. The third kappa shape index (κ3) is 32.4. The lowest BCUT2D eigenvalue weighted by Crippen LogP contribution is -2.52. The van der Waals surface area contributed by atoms with Crippen molar-refractivity contribution in [3.05, 3.63) is 0 Å². The van der Waals surface area contributed by atoms with Crippen LogP contribution in [0.25, 0.3) is 0 Å². The van der Waals surface area contributed by atoms with E-state index in [1.807, 2.05) is 0 Å². The van der Waals surface area contributed by atoms with E-state index < -0.39 is 50.4 Å². The molecule has 0 aliphatic rings. The van der Waals surface area contributed by atoms with Gasteiger partial charge in [-0.05, 0) is 128 Å². The van der Waals surface area contributed by atoms with Crippen LogP contribution in [0.5, 0.6) is 0 Å². The Balaban J connectivity index is -0.000000141. The van der Waals surface area contributed by atoms with E-state index in [4.69, 9.17) is 36.9 Å². The summed E-state index contributed by atoms with van der Waals surface area (Å²) in [7, 11) is -11.2. The molecule has 0 bridgehead atoms. The van der Waals surface area contributed by atoms with Crippen LogP contribution < -0.4 is 0 Å². The highest BCUT2D eigenvalue weighted by Crippen LogP contribution is 2.27. The zero-order chi connectivity index (χ0) is 30.3. The Bertz CT molecular complexity index is 521. The van der Waals surface area contributed by atoms with E-state index >= 15 is 0 Å². The van der Waals surface area contributed by atoms with Crippen LogP contribution in [-0.4, -0.2) is 97.2 Å². The van der Waals surface area contributed by atoms with Gasteiger partial charge in [-0.1, -0.05) is 29.7 Å². The van der Waals surface area contributed by atoms with E-state index in [2.05, 4.69) is 78.6 Å². The standard InChI is InChI=1S/2C12H32O4Si3.4CH4/c2*1-17(2,11-7-9-13)15-19(5,6)16-18(3,4)12-8-10-14;;;;/h2*13-14H,7-12H2,1-6H3;4*1H4. The molecule has 0 heterocycles. The molecule has 0 spiro atoms. The second-order valence-corrected chi connectivity index (χ2v) is 38.5. The van der Waals surface area contributed by atoms with Crippen molar-refractivity contribution >= 4 is 50.4 Å². The van der Waals surface area contributed by atoms with Gasteiger partial charge < -0.3 is 36.9 Å². The second kappa shape index (κ2) is 25.1. The van der Waals surface area contributed by atoms with Gasteiger partial charge in [0, 0.05) is 26.4 Å². The molecule has 0 amide bonds. The number of aliphatic hydroxyl groups excluding tert-OH is 4. The largest absolute Gasteiger partial charge is 0.437 e. The zero-order valence-electron chi connectivity index (χ0n) is 26.9. The summed E-state index contributed by atoms with van der Waals surface area (Å²) in [5.74, 6) is 0. The first-order valence-electron chi connectivity index (χ1n) is 14.3. The second-order valence-electron chi connectivity index (χ2n) is 13.6. The molecule has 0 aromatic heterocycles. The molecular formula is C28H80O8Si6. The van der Waals surface area contributed by atoms with Crippen molar-refractivity contribution in [2.24, 2.45) is 0 Å². The van der Waals surface area contributed by atoms with Gasteiger partial charge in [-0.3, -0.25) is 0 Å². The highest BCUT2D eigenvalue weighted by atomic mass is 28.5. The van der Waals surface area contributed by atoms with Crippen LogP contribution in [0.1, 0.15) is 55.4 Å². The molecule has 14 heteroatoms. The Morgan fingerprint density at radius 3 is 0.595 bits per heavy atom. The summed E-state index contributed by atoms with van der Waals surface area (Å²) in [6.45, 7) is 27.0. The van der Waals surface area contributed by atoms with Crippen LogP contribution in [0.4, 0.5) is 0 Å². The van der Waals surface area contributed by atoms with Gasteiger partial charge in [0.1, 0.15) is 0 Å². The van der Waals surface area contributed by atoms with E-state index in [0.717, 1.165) is 49.9 Å². The minimum Gasteiger partial charge on any atom is -0.437 e. The molecule has 0 aliphatic carbocycles. The molecule has 0 rings (SSSR count). The quantitative estimate of drug-likeness (QED) is 0.0931. The summed E-state index contributed by atoms with van der Waals surface area (Å²) in [5, 5.41) is 35.8. The summed E-state index contributed by atoms with van der Waals surface area (Å²) in [6.07, 6.45) is 3.26. The van der Waals surface area contributed by atoms with Crippen LogP contribution in [0.2, 0.25) is 103 Å². The Morgan fingerprint density at radius 2 is 0.476 bits per heavy atom. The Labute approximate surface area is 271 Å². The number of aliphatic hydroxyl groups is 4. The fourth-order valence-corrected chi connectivity index (χ4v) is 33.0. The molecule has 0 aromatic carbocycles. The predicted molar refractivity (Wildman–Crippen MR) is 202 cm³/mol. The van der Waals surface area contributed by atoms with Crippen LogP contribution in [-0.2, 0) is 16.5 Å². The van der Waals surface area contributed by atoms with Crippen LogP contribution in [0.3, 0.4) is 0 Å². The van der Waals surface area contributed by atoms with Crippen LogP contribution in [0, 0.1) is 0 Å². The average Bonchev–Trinajstić information content (AvgIpc) is 2.70.